The van der Waals surface area contributed by atoms with Gasteiger partial charge in [-0.3, -0.25) is 15.0 Å². The van der Waals surface area contributed by atoms with Crippen LogP contribution in [0.3, 0.4) is 0 Å². The van der Waals surface area contributed by atoms with E-state index in [9.17, 15) is 18.5 Å². The van der Waals surface area contributed by atoms with Crippen LogP contribution in [0.4, 0.5) is 5.69 Å². The summed E-state index contributed by atoms with van der Waals surface area (Å²) in [7, 11) is -3.73. The van der Waals surface area contributed by atoms with Crippen LogP contribution in [-0.4, -0.2) is 37.9 Å². The van der Waals surface area contributed by atoms with Crippen molar-refractivity contribution in [2.75, 3.05) is 19.6 Å². The Hall–Kier alpha value is -1.81. The summed E-state index contributed by atoms with van der Waals surface area (Å²) in [6, 6.07) is 8.95. The molecule has 9 heteroatoms. The third-order valence-corrected chi connectivity index (χ3v) is 7.37. The van der Waals surface area contributed by atoms with E-state index in [1.54, 1.807) is 11.3 Å². The Balaban J connectivity index is 1.73. The monoisotopic (exact) mass is 409 g/mol. The molecule has 1 aliphatic heterocycles. The smallest absolute Gasteiger partial charge is 0.269 e. The van der Waals surface area contributed by atoms with Crippen molar-refractivity contribution in [2.45, 2.75) is 30.7 Å². The lowest BCUT2D eigenvalue weighted by Gasteiger charge is -2.36. The maximum Gasteiger partial charge on any atom is 0.269 e. The van der Waals surface area contributed by atoms with Crippen molar-refractivity contribution >= 4 is 27.0 Å². The summed E-state index contributed by atoms with van der Waals surface area (Å²) in [5.74, 6) is 0.696. The average Bonchev–Trinajstić information content (AvgIpc) is 3.18. The highest BCUT2D eigenvalue weighted by molar-refractivity contribution is 7.89. The van der Waals surface area contributed by atoms with Crippen LogP contribution in [0.25, 0.3) is 0 Å². The summed E-state index contributed by atoms with van der Waals surface area (Å²) < 4.78 is 27.9. The molecule has 1 aromatic heterocycles. The molecule has 0 bridgehead atoms. The lowest BCUT2D eigenvalue weighted by molar-refractivity contribution is -0.384. The molecule has 0 spiro atoms. The largest absolute Gasteiger partial charge is 0.294 e. The van der Waals surface area contributed by atoms with Gasteiger partial charge in [-0.15, -0.1) is 11.3 Å². The van der Waals surface area contributed by atoms with Crippen LogP contribution >= 0.6 is 11.3 Å². The zero-order valence-corrected chi connectivity index (χ0v) is 16.7. The van der Waals surface area contributed by atoms with Gasteiger partial charge in [0.15, 0.2) is 0 Å². The van der Waals surface area contributed by atoms with Gasteiger partial charge < -0.3 is 0 Å². The molecule has 0 aliphatic carbocycles. The SMILES string of the molecule is CC1CCN(C(CNS(=O)(=O)c2ccc([N+](=O)[O-])cc2)c2cccs2)CC1. The number of thiophene rings is 1. The molecule has 0 saturated carbocycles. The van der Waals surface area contributed by atoms with Crippen molar-refractivity contribution in [1.82, 2.24) is 9.62 Å². The molecule has 1 aromatic carbocycles. The Morgan fingerprint density at radius 1 is 1.26 bits per heavy atom. The van der Waals surface area contributed by atoms with Crippen molar-refractivity contribution < 1.29 is 13.3 Å². The van der Waals surface area contributed by atoms with Crippen molar-refractivity contribution in [3.05, 3.63) is 56.8 Å². The van der Waals surface area contributed by atoms with Gasteiger partial charge in [-0.1, -0.05) is 13.0 Å². The van der Waals surface area contributed by atoms with Gasteiger partial charge in [-0.05, 0) is 55.4 Å². The maximum atomic E-state index is 12.6. The van der Waals surface area contributed by atoms with E-state index in [0.29, 0.717) is 5.92 Å². The Kier molecular flexibility index (Phi) is 6.25. The second-order valence-corrected chi connectivity index (χ2v) is 9.60. The van der Waals surface area contributed by atoms with Crippen LogP contribution in [0.2, 0.25) is 0 Å². The topological polar surface area (TPSA) is 92.6 Å². The van der Waals surface area contributed by atoms with Gasteiger partial charge >= 0.3 is 0 Å². The quantitative estimate of drug-likeness (QED) is 0.559. The fraction of sp³-hybridized carbons (Fsp3) is 0.444. The predicted octanol–water partition coefficient (Wildman–Crippen LogP) is 3.41. The first-order valence-electron chi connectivity index (χ1n) is 8.88. The number of non-ortho nitro benzene ring substituents is 1. The molecule has 3 rings (SSSR count). The number of hydrogen-bond acceptors (Lipinski definition) is 6. The standard InChI is InChI=1S/C18H23N3O4S2/c1-14-8-10-20(11-9-14)17(18-3-2-12-26-18)13-19-27(24,25)16-6-4-15(5-7-16)21(22)23/h2-7,12,14,17,19H,8-11,13H2,1H3. The Labute approximate surface area is 163 Å². The van der Waals surface area contributed by atoms with Crippen molar-refractivity contribution in [2.24, 2.45) is 5.92 Å². The van der Waals surface area contributed by atoms with Crippen molar-refractivity contribution in [3.63, 3.8) is 0 Å². The van der Waals surface area contributed by atoms with Crippen LogP contribution in [0.15, 0.2) is 46.7 Å². The molecule has 0 amide bonds. The summed E-state index contributed by atoms with van der Waals surface area (Å²) in [6.07, 6.45) is 2.22. The van der Waals surface area contributed by atoms with E-state index in [1.807, 2.05) is 17.5 Å². The number of hydrogen-bond donors (Lipinski definition) is 1. The van der Waals surface area contributed by atoms with Crippen LogP contribution < -0.4 is 4.72 Å². The first-order chi connectivity index (χ1) is 12.9. The minimum absolute atomic E-state index is 0.00896. The number of likely N-dealkylation sites (tertiary alicyclic amines) is 1. The van der Waals surface area contributed by atoms with E-state index in [1.165, 1.54) is 24.3 Å². The lowest BCUT2D eigenvalue weighted by Crippen LogP contribution is -2.41. The van der Waals surface area contributed by atoms with Crippen molar-refractivity contribution in [1.29, 1.82) is 0 Å². The molecule has 2 heterocycles. The Morgan fingerprint density at radius 2 is 1.93 bits per heavy atom. The minimum Gasteiger partial charge on any atom is -0.294 e. The number of nitrogens with one attached hydrogen (secondary N) is 1. The molecule has 1 fully saturated rings. The Morgan fingerprint density at radius 3 is 2.48 bits per heavy atom. The van der Waals surface area contributed by atoms with E-state index in [-0.39, 0.29) is 23.2 Å². The number of rotatable bonds is 7. The van der Waals surface area contributed by atoms with E-state index < -0.39 is 14.9 Å². The first-order valence-corrected chi connectivity index (χ1v) is 11.2. The Bertz CT molecular complexity index is 859. The van der Waals surface area contributed by atoms with E-state index in [0.717, 1.165) is 30.8 Å². The molecule has 146 valence electrons. The summed E-state index contributed by atoms with van der Waals surface area (Å²) in [5.41, 5.74) is -0.132. The van der Waals surface area contributed by atoms with E-state index >= 15 is 0 Å². The summed E-state index contributed by atoms with van der Waals surface area (Å²) in [6.45, 7) is 4.41. The normalized spacial score (nSPS) is 17.7. The van der Waals surface area contributed by atoms with Crippen molar-refractivity contribution in [3.8, 4) is 0 Å². The molecular weight excluding hydrogens is 386 g/mol. The zero-order chi connectivity index (χ0) is 19.4. The van der Waals surface area contributed by atoms with Crippen LogP contribution in [0.5, 0.6) is 0 Å². The number of benzene rings is 1. The fourth-order valence-electron chi connectivity index (χ4n) is 3.25. The van der Waals surface area contributed by atoms with Gasteiger partial charge in [-0.25, -0.2) is 13.1 Å². The summed E-state index contributed by atoms with van der Waals surface area (Å²) in [5, 5.41) is 12.7. The van der Waals surface area contributed by atoms with Gasteiger partial charge in [0.2, 0.25) is 10.0 Å². The number of nitrogens with zero attached hydrogens (tertiary/aromatic N) is 2. The second kappa shape index (κ2) is 8.47. The zero-order valence-electron chi connectivity index (χ0n) is 15.1. The number of nitro groups is 1. The van der Waals surface area contributed by atoms with Gasteiger partial charge in [0.05, 0.1) is 15.9 Å². The molecule has 1 saturated heterocycles. The first kappa shape index (κ1) is 19.9. The number of sulfonamides is 1. The van der Waals surface area contributed by atoms with E-state index in [2.05, 4.69) is 16.5 Å². The summed E-state index contributed by atoms with van der Waals surface area (Å²) in [4.78, 5) is 13.7. The third kappa shape index (κ3) is 4.92. The number of piperidine rings is 1. The third-order valence-electron chi connectivity index (χ3n) is 4.96. The number of nitro benzene ring substituents is 1. The molecule has 0 radical (unpaired) electrons. The highest BCUT2D eigenvalue weighted by atomic mass is 32.2. The minimum atomic E-state index is -3.73. The second-order valence-electron chi connectivity index (χ2n) is 6.85. The highest BCUT2D eigenvalue weighted by Crippen LogP contribution is 2.29. The van der Waals surface area contributed by atoms with Gasteiger partial charge in [0.25, 0.3) is 5.69 Å². The van der Waals surface area contributed by atoms with Gasteiger partial charge in [-0.2, -0.15) is 0 Å². The molecule has 27 heavy (non-hydrogen) atoms. The summed E-state index contributed by atoms with van der Waals surface area (Å²) >= 11 is 1.63. The van der Waals surface area contributed by atoms with Crippen LogP contribution in [0, 0.1) is 16.0 Å². The molecule has 7 nitrogen and oxygen atoms in total. The van der Waals surface area contributed by atoms with E-state index in [4.69, 9.17) is 0 Å². The molecule has 1 atom stereocenters. The van der Waals surface area contributed by atoms with Gasteiger partial charge in [0.1, 0.15) is 0 Å². The molecular formula is C18H23N3O4S2. The van der Waals surface area contributed by atoms with Crippen LogP contribution in [0.1, 0.15) is 30.7 Å². The van der Waals surface area contributed by atoms with Gasteiger partial charge in [0, 0.05) is 23.6 Å². The molecule has 1 aliphatic rings. The molecule has 2 aromatic rings. The fourth-order valence-corrected chi connectivity index (χ4v) is 5.15. The highest BCUT2D eigenvalue weighted by Gasteiger charge is 2.27. The lowest BCUT2D eigenvalue weighted by atomic mass is 9.97. The molecule has 1 unspecified atom stereocenters. The predicted molar refractivity (Wildman–Crippen MR) is 105 cm³/mol. The average molecular weight is 410 g/mol. The molecule has 1 N–H and O–H groups in total. The van der Waals surface area contributed by atoms with Crippen LogP contribution in [-0.2, 0) is 10.0 Å². The maximum absolute atomic E-state index is 12.6.